The number of carbonyl (C=O) groups excluding carboxylic acids is 2. The van der Waals surface area contributed by atoms with Crippen LogP contribution in [0.5, 0.6) is 0 Å². The number of unbranched alkanes of at least 4 members (excludes halogenated alkanes) is 1. The van der Waals surface area contributed by atoms with Crippen molar-refractivity contribution in [2.24, 2.45) is 0 Å². The van der Waals surface area contributed by atoms with Crippen molar-refractivity contribution in [1.29, 1.82) is 0 Å². The van der Waals surface area contributed by atoms with E-state index < -0.39 is 28.5 Å². The number of anilines is 1. The first-order valence-electron chi connectivity index (χ1n) is 11.1. The van der Waals surface area contributed by atoms with Crippen molar-refractivity contribution in [1.82, 2.24) is 10.2 Å². The molecule has 186 valence electrons. The summed E-state index contributed by atoms with van der Waals surface area (Å²) in [7, 11) is -3.77. The highest BCUT2D eigenvalue weighted by Gasteiger charge is 2.31. The summed E-state index contributed by atoms with van der Waals surface area (Å²) in [6.45, 7) is 3.99. The van der Waals surface area contributed by atoms with Crippen LogP contribution in [-0.2, 0) is 26.2 Å². The summed E-state index contributed by atoms with van der Waals surface area (Å²) in [5.74, 6) is -0.767. The number of benzene rings is 2. The Kier molecular flexibility index (Phi) is 10.9. The van der Waals surface area contributed by atoms with Gasteiger partial charge in [-0.25, -0.2) is 8.42 Å². The van der Waals surface area contributed by atoms with E-state index in [4.69, 9.17) is 11.6 Å². The number of amides is 2. The molecule has 0 bridgehead atoms. The smallest absolute Gasteiger partial charge is 0.244 e. The van der Waals surface area contributed by atoms with E-state index in [1.54, 1.807) is 48.5 Å². The molecule has 34 heavy (non-hydrogen) atoms. The molecule has 0 unspecified atom stereocenters. The number of sulfonamides is 1. The molecular weight excluding hydrogens is 542 g/mol. The number of rotatable bonds is 12. The second kappa shape index (κ2) is 13.1. The van der Waals surface area contributed by atoms with Crippen LogP contribution in [0.1, 0.15) is 38.7 Å². The molecule has 7 nitrogen and oxygen atoms in total. The predicted octanol–water partition coefficient (Wildman–Crippen LogP) is 4.59. The minimum atomic E-state index is -3.77. The number of nitrogens with zero attached hydrogens (tertiary/aromatic N) is 2. The average Bonchev–Trinajstić information content (AvgIpc) is 2.78. The van der Waals surface area contributed by atoms with Crippen molar-refractivity contribution >= 4 is 55.1 Å². The second-order valence-electron chi connectivity index (χ2n) is 7.93. The zero-order valence-corrected chi connectivity index (χ0v) is 22.8. The van der Waals surface area contributed by atoms with E-state index in [0.717, 1.165) is 27.9 Å². The summed E-state index contributed by atoms with van der Waals surface area (Å²) in [5.41, 5.74) is 1.03. The van der Waals surface area contributed by atoms with E-state index in [9.17, 15) is 18.0 Å². The second-order valence-corrected chi connectivity index (χ2v) is 11.2. The lowest BCUT2D eigenvalue weighted by Gasteiger charge is -2.33. The topological polar surface area (TPSA) is 86.8 Å². The summed E-state index contributed by atoms with van der Waals surface area (Å²) in [6.07, 6.45) is 3.17. The molecule has 0 aliphatic heterocycles. The van der Waals surface area contributed by atoms with Crippen LogP contribution in [0.2, 0.25) is 5.02 Å². The lowest BCUT2D eigenvalue weighted by molar-refractivity contribution is -0.140. The van der Waals surface area contributed by atoms with Crippen LogP contribution in [0.15, 0.2) is 53.0 Å². The summed E-state index contributed by atoms with van der Waals surface area (Å²) >= 11 is 9.68. The molecule has 0 fully saturated rings. The standard InChI is InChI=1S/C24H31BrClN3O4S/c1-4-6-15-27-24(31)22(5-2)28(16-18-9-7-8-10-21(18)26)23(30)17-29(34(3,32)33)20-13-11-19(25)12-14-20/h7-14,22H,4-6,15-17H2,1-3H3,(H,27,31)/t22-/m1/s1. The Balaban J connectivity index is 2.40. The van der Waals surface area contributed by atoms with Crippen LogP contribution in [0.3, 0.4) is 0 Å². The summed E-state index contributed by atoms with van der Waals surface area (Å²) in [4.78, 5) is 28.0. The van der Waals surface area contributed by atoms with Crippen molar-refractivity contribution in [2.45, 2.75) is 45.7 Å². The molecule has 1 N–H and O–H groups in total. The van der Waals surface area contributed by atoms with E-state index in [-0.39, 0.29) is 12.5 Å². The molecule has 0 heterocycles. The Morgan fingerprint density at radius 2 is 1.74 bits per heavy atom. The molecule has 0 spiro atoms. The summed E-state index contributed by atoms with van der Waals surface area (Å²) < 4.78 is 27.0. The van der Waals surface area contributed by atoms with Crippen LogP contribution < -0.4 is 9.62 Å². The minimum absolute atomic E-state index is 0.0795. The highest BCUT2D eigenvalue weighted by Crippen LogP contribution is 2.23. The van der Waals surface area contributed by atoms with Crippen LogP contribution >= 0.6 is 27.5 Å². The van der Waals surface area contributed by atoms with Crippen LogP contribution in [0, 0.1) is 0 Å². The van der Waals surface area contributed by atoms with Gasteiger partial charge in [-0.1, -0.05) is 66.0 Å². The van der Waals surface area contributed by atoms with Gasteiger partial charge in [-0.05, 0) is 48.7 Å². The number of carbonyl (C=O) groups is 2. The van der Waals surface area contributed by atoms with Gasteiger partial charge in [0.1, 0.15) is 12.6 Å². The van der Waals surface area contributed by atoms with E-state index in [1.807, 2.05) is 13.8 Å². The minimum Gasteiger partial charge on any atom is -0.354 e. The molecule has 0 saturated heterocycles. The fourth-order valence-corrected chi connectivity index (χ4v) is 4.77. The van der Waals surface area contributed by atoms with Crippen molar-refractivity contribution in [3.8, 4) is 0 Å². The fraction of sp³-hybridized carbons (Fsp3) is 0.417. The van der Waals surface area contributed by atoms with Gasteiger partial charge < -0.3 is 10.2 Å². The van der Waals surface area contributed by atoms with E-state index in [1.165, 1.54) is 4.90 Å². The first-order chi connectivity index (χ1) is 16.1. The van der Waals surface area contributed by atoms with E-state index in [2.05, 4.69) is 21.2 Å². The third kappa shape index (κ3) is 7.99. The van der Waals surface area contributed by atoms with E-state index >= 15 is 0 Å². The van der Waals surface area contributed by atoms with Crippen LogP contribution in [0.4, 0.5) is 5.69 Å². The molecule has 0 aromatic heterocycles. The summed E-state index contributed by atoms with van der Waals surface area (Å²) in [5, 5.41) is 3.36. The number of hydrogen-bond donors (Lipinski definition) is 1. The molecule has 0 aliphatic rings. The number of halogens is 2. The fourth-order valence-electron chi connectivity index (χ4n) is 3.46. The number of nitrogens with one attached hydrogen (secondary N) is 1. The highest BCUT2D eigenvalue weighted by molar-refractivity contribution is 9.10. The van der Waals surface area contributed by atoms with E-state index in [0.29, 0.717) is 29.2 Å². The van der Waals surface area contributed by atoms with Crippen molar-refractivity contribution < 1.29 is 18.0 Å². The third-order valence-electron chi connectivity index (χ3n) is 5.31. The maximum absolute atomic E-state index is 13.6. The number of hydrogen-bond acceptors (Lipinski definition) is 4. The quantitative estimate of drug-likeness (QED) is 0.377. The van der Waals surface area contributed by atoms with Gasteiger partial charge in [-0.2, -0.15) is 0 Å². The van der Waals surface area contributed by atoms with Gasteiger partial charge in [-0.15, -0.1) is 0 Å². The highest BCUT2D eigenvalue weighted by atomic mass is 79.9. The largest absolute Gasteiger partial charge is 0.354 e. The predicted molar refractivity (Wildman–Crippen MR) is 140 cm³/mol. The van der Waals surface area contributed by atoms with Crippen molar-refractivity contribution in [3.05, 3.63) is 63.6 Å². The maximum Gasteiger partial charge on any atom is 0.244 e. The molecule has 2 rings (SSSR count). The molecule has 1 atom stereocenters. The maximum atomic E-state index is 13.6. The molecule has 0 aliphatic carbocycles. The van der Waals surface area contributed by atoms with Gasteiger partial charge in [0.15, 0.2) is 0 Å². The van der Waals surface area contributed by atoms with Crippen LogP contribution in [0.25, 0.3) is 0 Å². The van der Waals surface area contributed by atoms with Crippen molar-refractivity contribution in [3.63, 3.8) is 0 Å². The van der Waals surface area contributed by atoms with Gasteiger partial charge in [-0.3, -0.25) is 13.9 Å². The van der Waals surface area contributed by atoms with Gasteiger partial charge in [0.25, 0.3) is 0 Å². The average molecular weight is 573 g/mol. The molecule has 2 aromatic carbocycles. The normalized spacial score (nSPS) is 12.1. The molecule has 2 amide bonds. The summed E-state index contributed by atoms with van der Waals surface area (Å²) in [6, 6.07) is 13.0. The zero-order valence-electron chi connectivity index (χ0n) is 19.6. The Bertz CT molecular complexity index is 1080. The van der Waals surface area contributed by atoms with Gasteiger partial charge >= 0.3 is 0 Å². The van der Waals surface area contributed by atoms with Gasteiger partial charge in [0.05, 0.1) is 11.9 Å². The molecule has 0 radical (unpaired) electrons. The molecule has 0 saturated carbocycles. The van der Waals surface area contributed by atoms with Gasteiger partial charge in [0.2, 0.25) is 21.8 Å². The molecule has 10 heteroatoms. The SMILES string of the molecule is CCCCNC(=O)[C@@H](CC)N(Cc1ccccc1Cl)C(=O)CN(c1ccc(Br)cc1)S(C)(=O)=O. The first kappa shape index (κ1) is 28.1. The third-order valence-corrected chi connectivity index (χ3v) is 7.35. The van der Waals surface area contributed by atoms with Gasteiger partial charge in [0, 0.05) is 22.6 Å². The molecule has 2 aromatic rings. The van der Waals surface area contributed by atoms with Crippen LogP contribution in [-0.4, -0.2) is 50.5 Å². The van der Waals surface area contributed by atoms with Crippen molar-refractivity contribution in [2.75, 3.05) is 23.7 Å². The Morgan fingerprint density at radius 1 is 1.09 bits per heavy atom. The Labute approximate surface area is 215 Å². The Morgan fingerprint density at radius 3 is 2.29 bits per heavy atom. The monoisotopic (exact) mass is 571 g/mol. The molecular formula is C24H31BrClN3O4S. The first-order valence-corrected chi connectivity index (χ1v) is 14.1. The zero-order chi connectivity index (χ0) is 25.3. The lowest BCUT2D eigenvalue weighted by atomic mass is 10.1. The Hall–Kier alpha value is -2.10. The lowest BCUT2D eigenvalue weighted by Crippen LogP contribution is -2.52.